The van der Waals surface area contributed by atoms with Gasteiger partial charge in [-0.15, -0.1) is 0 Å². The van der Waals surface area contributed by atoms with Gasteiger partial charge in [-0.3, -0.25) is 14.7 Å². The van der Waals surface area contributed by atoms with Crippen LogP contribution in [0.4, 0.5) is 0 Å². The van der Waals surface area contributed by atoms with Crippen molar-refractivity contribution in [3.63, 3.8) is 0 Å². The number of aromatic nitrogens is 2. The summed E-state index contributed by atoms with van der Waals surface area (Å²) in [6.45, 7) is 1.39. The summed E-state index contributed by atoms with van der Waals surface area (Å²) >= 11 is 11.7. The number of aromatic amines is 1. The molecule has 1 heterocycles. The Kier molecular flexibility index (Phi) is 3.97. The first-order chi connectivity index (χ1) is 8.95. The van der Waals surface area contributed by atoms with Gasteiger partial charge in [0.15, 0.2) is 0 Å². The summed E-state index contributed by atoms with van der Waals surface area (Å²) in [4.78, 5) is 22.5. The average Bonchev–Trinajstić information content (AvgIpc) is 2.67. The van der Waals surface area contributed by atoms with Crippen LogP contribution in [0, 0.1) is 0 Å². The van der Waals surface area contributed by atoms with Gasteiger partial charge in [0.25, 0.3) is 5.56 Å². The Balaban J connectivity index is 2.12. The first-order valence-corrected chi connectivity index (χ1v) is 6.12. The number of benzene rings is 1. The summed E-state index contributed by atoms with van der Waals surface area (Å²) in [5.74, 6) is 0.0935. The van der Waals surface area contributed by atoms with E-state index in [9.17, 15) is 9.59 Å². The summed E-state index contributed by atoms with van der Waals surface area (Å²) in [5.41, 5.74) is 0.0616. The van der Waals surface area contributed by atoms with E-state index in [1.807, 2.05) is 0 Å². The fourth-order valence-electron chi connectivity index (χ4n) is 1.53. The van der Waals surface area contributed by atoms with Crippen molar-refractivity contribution < 1.29 is 9.53 Å². The maximum absolute atomic E-state index is 11.4. The Morgan fingerprint density at radius 1 is 1.26 bits per heavy atom. The largest absolute Gasteiger partial charge is 0.487 e. The highest BCUT2D eigenvalue weighted by Gasteiger charge is 2.07. The Labute approximate surface area is 118 Å². The second kappa shape index (κ2) is 5.50. The van der Waals surface area contributed by atoms with Crippen molar-refractivity contribution in [3.05, 3.63) is 50.4 Å². The molecule has 0 spiro atoms. The number of rotatable bonds is 3. The van der Waals surface area contributed by atoms with E-state index in [4.69, 9.17) is 27.9 Å². The lowest BCUT2D eigenvalue weighted by Gasteiger charge is -2.05. The van der Waals surface area contributed by atoms with Crippen molar-refractivity contribution in [3.8, 4) is 5.75 Å². The maximum Gasteiger partial charge on any atom is 0.274 e. The molecule has 0 aliphatic carbocycles. The van der Waals surface area contributed by atoms with Crippen molar-refractivity contribution in [2.45, 2.75) is 13.5 Å². The van der Waals surface area contributed by atoms with Gasteiger partial charge in [0.2, 0.25) is 5.91 Å². The third kappa shape index (κ3) is 3.39. The molecule has 1 aromatic carbocycles. The van der Waals surface area contributed by atoms with E-state index in [2.05, 4.69) is 5.10 Å². The van der Waals surface area contributed by atoms with Crippen LogP contribution in [-0.2, 0) is 6.61 Å². The SMILES string of the molecule is CC(=O)n1[nH]c(COc2cc(Cl)cc(Cl)c2)cc1=O. The van der Waals surface area contributed by atoms with Gasteiger partial charge in [-0.25, -0.2) is 0 Å². The first-order valence-electron chi connectivity index (χ1n) is 5.36. The molecule has 2 aromatic rings. The van der Waals surface area contributed by atoms with Crippen molar-refractivity contribution in [2.24, 2.45) is 0 Å². The number of nitrogens with zero attached hydrogens (tertiary/aromatic N) is 1. The predicted octanol–water partition coefficient (Wildman–Crippen LogP) is 2.72. The number of nitrogens with one attached hydrogen (secondary N) is 1. The summed E-state index contributed by atoms with van der Waals surface area (Å²) in [5, 5.41) is 3.56. The zero-order valence-electron chi connectivity index (χ0n) is 9.94. The molecule has 0 saturated heterocycles. The molecule has 0 fully saturated rings. The van der Waals surface area contributed by atoms with Crippen LogP contribution in [0.5, 0.6) is 5.75 Å². The van der Waals surface area contributed by atoms with Crippen LogP contribution in [0.2, 0.25) is 10.0 Å². The van der Waals surface area contributed by atoms with Gasteiger partial charge in [-0.1, -0.05) is 23.2 Å². The smallest absolute Gasteiger partial charge is 0.274 e. The second-order valence-corrected chi connectivity index (χ2v) is 4.74. The molecule has 0 unspecified atom stereocenters. The molecule has 0 atom stereocenters. The Morgan fingerprint density at radius 2 is 1.89 bits per heavy atom. The molecular weight excluding hydrogens is 291 g/mol. The third-order valence-corrected chi connectivity index (χ3v) is 2.76. The number of H-pyrrole nitrogens is 1. The average molecular weight is 301 g/mol. The zero-order chi connectivity index (χ0) is 14.0. The summed E-state index contributed by atoms with van der Waals surface area (Å²) in [6.07, 6.45) is 0. The zero-order valence-corrected chi connectivity index (χ0v) is 11.5. The van der Waals surface area contributed by atoms with Crippen LogP contribution in [0.25, 0.3) is 0 Å². The van der Waals surface area contributed by atoms with E-state index >= 15 is 0 Å². The van der Waals surface area contributed by atoms with E-state index in [-0.39, 0.29) is 12.5 Å². The number of halogens is 2. The van der Waals surface area contributed by atoms with Gasteiger partial charge >= 0.3 is 0 Å². The molecule has 0 aliphatic heterocycles. The molecule has 5 nitrogen and oxygen atoms in total. The molecule has 0 bridgehead atoms. The lowest BCUT2D eigenvalue weighted by molar-refractivity contribution is 0.0916. The van der Waals surface area contributed by atoms with E-state index in [1.54, 1.807) is 18.2 Å². The van der Waals surface area contributed by atoms with Gasteiger partial charge in [0.05, 0.1) is 5.69 Å². The van der Waals surface area contributed by atoms with Crippen LogP contribution in [-0.4, -0.2) is 15.7 Å². The molecule has 0 aliphatic rings. The monoisotopic (exact) mass is 300 g/mol. The topological polar surface area (TPSA) is 64.1 Å². The van der Waals surface area contributed by atoms with Gasteiger partial charge in [-0.05, 0) is 18.2 Å². The van der Waals surface area contributed by atoms with Crippen molar-refractivity contribution in [2.75, 3.05) is 0 Å². The third-order valence-electron chi connectivity index (χ3n) is 2.32. The molecular formula is C12H10Cl2N2O3. The molecule has 2 rings (SSSR count). The normalized spacial score (nSPS) is 10.5. The van der Waals surface area contributed by atoms with E-state index < -0.39 is 5.56 Å². The predicted molar refractivity (Wildman–Crippen MR) is 72.1 cm³/mol. The standard InChI is InChI=1S/C12H10Cl2N2O3/c1-7(17)16-12(18)5-10(15-16)6-19-11-3-8(13)2-9(14)4-11/h2-5,15H,6H2,1H3. The summed E-state index contributed by atoms with van der Waals surface area (Å²) in [7, 11) is 0. The molecule has 19 heavy (non-hydrogen) atoms. The summed E-state index contributed by atoms with van der Waals surface area (Å²) in [6, 6.07) is 6.10. The number of ether oxygens (including phenoxy) is 1. The molecule has 1 N–H and O–H groups in total. The quantitative estimate of drug-likeness (QED) is 0.948. The summed E-state index contributed by atoms with van der Waals surface area (Å²) < 4.78 is 6.34. The molecule has 100 valence electrons. The number of hydrogen-bond donors (Lipinski definition) is 1. The van der Waals surface area contributed by atoms with Crippen molar-refractivity contribution >= 4 is 29.1 Å². The van der Waals surface area contributed by atoms with Crippen LogP contribution in [0.15, 0.2) is 29.1 Å². The minimum Gasteiger partial charge on any atom is -0.487 e. The first kappa shape index (κ1) is 13.7. The Bertz CT molecular complexity index is 656. The van der Waals surface area contributed by atoms with Crippen LogP contribution in [0.1, 0.15) is 17.4 Å². The number of carbonyl (C=O) groups is 1. The lowest BCUT2D eigenvalue weighted by Crippen LogP contribution is -2.21. The van der Waals surface area contributed by atoms with E-state index in [1.165, 1.54) is 13.0 Å². The van der Waals surface area contributed by atoms with Gasteiger partial charge in [0.1, 0.15) is 12.4 Å². The molecule has 1 aromatic heterocycles. The number of carbonyl (C=O) groups excluding carboxylic acids is 1. The highest BCUT2D eigenvalue weighted by atomic mass is 35.5. The van der Waals surface area contributed by atoms with Crippen molar-refractivity contribution in [1.82, 2.24) is 9.78 Å². The molecule has 7 heteroatoms. The minimum atomic E-state index is -0.421. The lowest BCUT2D eigenvalue weighted by atomic mass is 10.3. The van der Waals surface area contributed by atoms with Crippen LogP contribution >= 0.6 is 23.2 Å². The van der Waals surface area contributed by atoms with Gasteiger partial charge < -0.3 is 4.74 Å². The fourth-order valence-corrected chi connectivity index (χ4v) is 2.03. The fraction of sp³-hybridized carbons (Fsp3) is 0.167. The maximum atomic E-state index is 11.4. The van der Waals surface area contributed by atoms with Gasteiger partial charge in [0, 0.05) is 23.0 Å². The molecule has 0 radical (unpaired) electrons. The highest BCUT2D eigenvalue weighted by molar-refractivity contribution is 6.34. The number of hydrogen-bond acceptors (Lipinski definition) is 3. The van der Waals surface area contributed by atoms with Gasteiger partial charge in [-0.2, -0.15) is 4.68 Å². The highest BCUT2D eigenvalue weighted by Crippen LogP contribution is 2.24. The Morgan fingerprint density at radius 3 is 2.42 bits per heavy atom. The van der Waals surface area contributed by atoms with Crippen LogP contribution < -0.4 is 10.3 Å². The minimum absolute atomic E-state index is 0.103. The van der Waals surface area contributed by atoms with E-state index in [0.717, 1.165) is 4.68 Å². The van der Waals surface area contributed by atoms with Crippen LogP contribution in [0.3, 0.4) is 0 Å². The van der Waals surface area contributed by atoms with E-state index in [0.29, 0.717) is 21.5 Å². The second-order valence-electron chi connectivity index (χ2n) is 3.87. The molecule has 0 amide bonds. The molecule has 0 saturated carbocycles. The Hall–Kier alpha value is -1.72. The van der Waals surface area contributed by atoms with Crippen molar-refractivity contribution in [1.29, 1.82) is 0 Å².